The number of thiophene rings is 1. The van der Waals surface area contributed by atoms with Gasteiger partial charge in [0.05, 0.1) is 11.4 Å². The minimum Gasteiger partial charge on any atom is -0.339 e. The Labute approximate surface area is 173 Å². The van der Waals surface area contributed by atoms with Crippen LogP contribution in [-0.2, 0) is 4.79 Å². The van der Waals surface area contributed by atoms with E-state index < -0.39 is 0 Å². The number of hydrogen-bond donors (Lipinski definition) is 0. The number of piperazine rings is 2. The summed E-state index contributed by atoms with van der Waals surface area (Å²) in [5, 5.41) is 0. The van der Waals surface area contributed by atoms with Gasteiger partial charge >= 0.3 is 0 Å². The molecule has 0 bridgehead atoms. The minimum absolute atomic E-state index is 0.128. The minimum atomic E-state index is 0.128. The quantitative estimate of drug-likeness (QED) is 0.651. The van der Waals surface area contributed by atoms with Gasteiger partial charge in [-0.3, -0.25) is 19.4 Å². The van der Waals surface area contributed by atoms with Crippen molar-refractivity contribution in [3.8, 4) is 0 Å². The monoisotopic (exact) mass is 406 g/mol. The first-order valence-electron chi connectivity index (χ1n) is 10.6. The van der Waals surface area contributed by atoms with Crippen molar-refractivity contribution in [3.63, 3.8) is 0 Å². The molecule has 0 unspecified atom stereocenters. The SMILES string of the molecule is CCCCCN1CCN(C(=O)CN2CCN(C(=O)c3ccc(C)s3)CC2)CC1. The molecule has 0 radical (unpaired) electrons. The molecule has 0 aliphatic carbocycles. The summed E-state index contributed by atoms with van der Waals surface area (Å²) in [6, 6.07) is 3.91. The second kappa shape index (κ2) is 10.4. The highest BCUT2D eigenvalue weighted by atomic mass is 32.1. The Morgan fingerprint density at radius 1 is 0.893 bits per heavy atom. The van der Waals surface area contributed by atoms with Crippen molar-refractivity contribution in [3.05, 3.63) is 21.9 Å². The topological polar surface area (TPSA) is 47.1 Å². The molecular formula is C21H34N4O2S. The van der Waals surface area contributed by atoms with Crippen LogP contribution >= 0.6 is 11.3 Å². The summed E-state index contributed by atoms with van der Waals surface area (Å²) in [6.45, 7) is 12.6. The van der Waals surface area contributed by atoms with E-state index in [1.165, 1.54) is 19.3 Å². The van der Waals surface area contributed by atoms with Crippen LogP contribution < -0.4 is 0 Å². The zero-order valence-corrected chi connectivity index (χ0v) is 18.2. The number of aryl methyl sites for hydroxylation is 1. The van der Waals surface area contributed by atoms with Crippen LogP contribution in [0.15, 0.2) is 12.1 Å². The van der Waals surface area contributed by atoms with Gasteiger partial charge in [0.1, 0.15) is 0 Å². The average Bonchev–Trinajstić information content (AvgIpc) is 3.15. The van der Waals surface area contributed by atoms with E-state index in [9.17, 15) is 9.59 Å². The molecule has 7 heteroatoms. The molecule has 0 aromatic carbocycles. The van der Waals surface area contributed by atoms with Crippen LogP contribution in [0.25, 0.3) is 0 Å². The number of carbonyl (C=O) groups excluding carboxylic acids is 2. The maximum Gasteiger partial charge on any atom is 0.264 e. The molecule has 2 aliphatic rings. The fraction of sp³-hybridized carbons (Fsp3) is 0.714. The zero-order chi connectivity index (χ0) is 19.9. The number of unbranched alkanes of at least 4 members (excludes halogenated alkanes) is 2. The summed E-state index contributed by atoms with van der Waals surface area (Å²) < 4.78 is 0. The molecule has 6 nitrogen and oxygen atoms in total. The molecule has 1 aromatic rings. The first-order valence-corrected chi connectivity index (χ1v) is 11.5. The van der Waals surface area contributed by atoms with Gasteiger partial charge in [0, 0.05) is 57.2 Å². The molecular weight excluding hydrogens is 372 g/mol. The molecule has 2 fully saturated rings. The van der Waals surface area contributed by atoms with Crippen LogP contribution in [0.4, 0.5) is 0 Å². The van der Waals surface area contributed by atoms with Crippen molar-refractivity contribution in [2.24, 2.45) is 0 Å². The molecule has 3 rings (SSSR count). The number of rotatable bonds is 7. The van der Waals surface area contributed by atoms with Crippen LogP contribution in [0.3, 0.4) is 0 Å². The van der Waals surface area contributed by atoms with E-state index in [2.05, 4.69) is 16.7 Å². The van der Waals surface area contributed by atoms with Gasteiger partial charge in [0.25, 0.3) is 5.91 Å². The first kappa shape index (κ1) is 21.3. The smallest absolute Gasteiger partial charge is 0.264 e. The molecule has 1 aromatic heterocycles. The van der Waals surface area contributed by atoms with E-state index in [1.807, 2.05) is 28.9 Å². The van der Waals surface area contributed by atoms with Crippen molar-refractivity contribution >= 4 is 23.2 Å². The number of hydrogen-bond acceptors (Lipinski definition) is 5. The molecule has 3 heterocycles. The molecule has 0 saturated carbocycles. The molecule has 2 saturated heterocycles. The molecule has 0 spiro atoms. The van der Waals surface area contributed by atoms with Gasteiger partial charge in [-0.1, -0.05) is 19.8 Å². The lowest BCUT2D eigenvalue weighted by Gasteiger charge is -2.38. The van der Waals surface area contributed by atoms with E-state index in [1.54, 1.807) is 11.3 Å². The van der Waals surface area contributed by atoms with Gasteiger partial charge in [-0.25, -0.2) is 0 Å². The lowest BCUT2D eigenvalue weighted by molar-refractivity contribution is -0.134. The highest BCUT2D eigenvalue weighted by Crippen LogP contribution is 2.18. The largest absolute Gasteiger partial charge is 0.339 e. The van der Waals surface area contributed by atoms with E-state index in [-0.39, 0.29) is 11.8 Å². The predicted molar refractivity (Wildman–Crippen MR) is 114 cm³/mol. The number of nitrogens with zero attached hydrogens (tertiary/aromatic N) is 4. The van der Waals surface area contributed by atoms with Gasteiger partial charge in [-0.15, -0.1) is 11.3 Å². The standard InChI is InChI=1S/C21H34N4O2S/c1-3-4-5-8-22-9-13-24(14-10-22)20(26)17-23-11-15-25(16-12-23)21(27)19-7-6-18(2)28-19/h6-7H,3-5,8-17H2,1-2H3. The normalized spacial score (nSPS) is 19.2. The van der Waals surface area contributed by atoms with Crippen molar-refractivity contribution < 1.29 is 9.59 Å². The summed E-state index contributed by atoms with van der Waals surface area (Å²) in [4.78, 5) is 35.8. The van der Waals surface area contributed by atoms with E-state index >= 15 is 0 Å². The second-order valence-electron chi connectivity index (χ2n) is 7.91. The van der Waals surface area contributed by atoms with Crippen LogP contribution in [-0.4, -0.2) is 96.9 Å². The highest BCUT2D eigenvalue weighted by molar-refractivity contribution is 7.13. The lowest BCUT2D eigenvalue weighted by atomic mass is 10.2. The fourth-order valence-corrected chi connectivity index (χ4v) is 4.75. The fourth-order valence-electron chi connectivity index (χ4n) is 3.91. The van der Waals surface area contributed by atoms with Crippen molar-refractivity contribution in [1.29, 1.82) is 0 Å². The van der Waals surface area contributed by atoms with E-state index in [0.717, 1.165) is 55.6 Å². The Kier molecular flexibility index (Phi) is 7.88. The Morgan fingerprint density at radius 3 is 2.14 bits per heavy atom. The Bertz CT molecular complexity index is 647. The van der Waals surface area contributed by atoms with E-state index in [0.29, 0.717) is 19.6 Å². The van der Waals surface area contributed by atoms with Gasteiger partial charge in [-0.05, 0) is 32.0 Å². The molecule has 0 N–H and O–H groups in total. The Morgan fingerprint density at radius 2 is 1.54 bits per heavy atom. The van der Waals surface area contributed by atoms with Crippen molar-refractivity contribution in [2.75, 3.05) is 65.4 Å². The van der Waals surface area contributed by atoms with Gasteiger partial charge in [0.15, 0.2) is 0 Å². The maximum absolute atomic E-state index is 12.7. The Hall–Kier alpha value is -1.44. The summed E-state index contributed by atoms with van der Waals surface area (Å²) in [7, 11) is 0. The van der Waals surface area contributed by atoms with Crippen molar-refractivity contribution in [1.82, 2.24) is 19.6 Å². The molecule has 28 heavy (non-hydrogen) atoms. The Balaban J connectivity index is 1.37. The third-order valence-electron chi connectivity index (χ3n) is 5.77. The highest BCUT2D eigenvalue weighted by Gasteiger charge is 2.26. The van der Waals surface area contributed by atoms with Crippen LogP contribution in [0.2, 0.25) is 0 Å². The van der Waals surface area contributed by atoms with Gasteiger partial charge < -0.3 is 9.80 Å². The maximum atomic E-state index is 12.7. The first-order chi connectivity index (χ1) is 13.6. The number of carbonyl (C=O) groups is 2. The van der Waals surface area contributed by atoms with Crippen LogP contribution in [0.5, 0.6) is 0 Å². The summed E-state index contributed by atoms with van der Waals surface area (Å²) in [5.74, 6) is 0.366. The molecule has 0 atom stereocenters. The van der Waals surface area contributed by atoms with Crippen molar-refractivity contribution in [2.45, 2.75) is 33.1 Å². The molecule has 156 valence electrons. The summed E-state index contributed by atoms with van der Waals surface area (Å²) in [5.41, 5.74) is 0. The predicted octanol–water partition coefficient (Wildman–Crippen LogP) is 2.15. The third kappa shape index (κ3) is 5.78. The average molecular weight is 407 g/mol. The zero-order valence-electron chi connectivity index (χ0n) is 17.4. The molecule has 2 aliphatic heterocycles. The second-order valence-corrected chi connectivity index (χ2v) is 9.20. The van der Waals surface area contributed by atoms with E-state index in [4.69, 9.17) is 0 Å². The molecule has 2 amide bonds. The third-order valence-corrected chi connectivity index (χ3v) is 6.76. The number of amides is 2. The summed E-state index contributed by atoms with van der Waals surface area (Å²) >= 11 is 1.56. The van der Waals surface area contributed by atoms with Crippen LogP contribution in [0.1, 0.15) is 40.7 Å². The van der Waals surface area contributed by atoms with Gasteiger partial charge in [0.2, 0.25) is 5.91 Å². The lowest BCUT2D eigenvalue weighted by Crippen LogP contribution is -2.54. The van der Waals surface area contributed by atoms with Crippen LogP contribution in [0, 0.1) is 6.92 Å². The summed E-state index contributed by atoms with van der Waals surface area (Å²) in [6.07, 6.45) is 3.81. The van der Waals surface area contributed by atoms with Gasteiger partial charge in [-0.2, -0.15) is 0 Å².